The van der Waals surface area contributed by atoms with E-state index in [2.05, 4.69) is 0 Å². The number of hydrogen-bond acceptors (Lipinski definition) is 6. The summed E-state index contributed by atoms with van der Waals surface area (Å²) in [5, 5.41) is 0. The van der Waals surface area contributed by atoms with Crippen LogP contribution in [0.1, 0.15) is 81.1 Å². The third kappa shape index (κ3) is 6.49. The maximum absolute atomic E-state index is 13.0. The highest BCUT2D eigenvalue weighted by Gasteiger charge is 2.50. The average molecular weight is 517 g/mol. The highest BCUT2D eigenvalue weighted by atomic mass is 27.3. The van der Waals surface area contributed by atoms with Crippen molar-refractivity contribution in [2.75, 3.05) is 0 Å². The number of hydrogen-bond donors (Lipinski definition) is 0. The van der Waals surface area contributed by atoms with E-state index in [4.69, 9.17) is 11.4 Å². The van der Waals surface area contributed by atoms with Gasteiger partial charge in [-0.3, -0.25) is 0 Å². The van der Waals surface area contributed by atoms with Crippen molar-refractivity contribution in [3.8, 4) is 0 Å². The minimum absolute atomic E-state index is 0.300. The lowest BCUT2D eigenvalue weighted by molar-refractivity contribution is 0.0410. The Morgan fingerprint density at radius 1 is 0.432 bits per heavy atom. The molecule has 6 nitrogen and oxygen atoms in total. The molecule has 3 rings (SSSR count). The Labute approximate surface area is 224 Å². The van der Waals surface area contributed by atoms with Crippen molar-refractivity contribution in [3.63, 3.8) is 0 Å². The third-order valence-electron chi connectivity index (χ3n) is 7.10. The zero-order valence-corrected chi connectivity index (χ0v) is 24.1. The van der Waals surface area contributed by atoms with Gasteiger partial charge in [-0.1, -0.05) is 0 Å². The maximum atomic E-state index is 13.0. The smallest absolute Gasteiger partial charge is 0.547 e. The van der Waals surface area contributed by atoms with Gasteiger partial charge in [0.05, 0.1) is 16.7 Å². The number of benzene rings is 3. The molecule has 0 aromatic heterocycles. The van der Waals surface area contributed by atoms with Crippen LogP contribution >= 0.6 is 0 Å². The first kappa shape index (κ1) is 28.2. The Morgan fingerprint density at radius 2 is 0.622 bits per heavy atom. The third-order valence-corrected chi connectivity index (χ3v) is 8.32. The van der Waals surface area contributed by atoms with Crippen LogP contribution < -0.4 is 0 Å². The molecule has 0 aliphatic carbocycles. The largest absolute Gasteiger partial charge is 1.20 e. The van der Waals surface area contributed by atoms with Crippen molar-refractivity contribution < 1.29 is 25.7 Å². The van der Waals surface area contributed by atoms with Gasteiger partial charge in [-0.05, 0) is 149 Å². The summed E-state index contributed by atoms with van der Waals surface area (Å²) in [5.74, 6) is -2.14. The molecule has 0 aliphatic heterocycles. The topological polar surface area (TPSA) is 78.9 Å². The van der Waals surface area contributed by atoms with Gasteiger partial charge in [0.1, 0.15) is 0 Å². The predicted molar refractivity (Wildman–Crippen MR) is 144 cm³/mol. The summed E-state index contributed by atoms with van der Waals surface area (Å²) in [4.78, 5) is 39.1. The van der Waals surface area contributed by atoms with Gasteiger partial charge in [0.2, 0.25) is 0 Å². The molecule has 0 heterocycles. The van der Waals surface area contributed by atoms with Gasteiger partial charge in [-0.15, -0.1) is 0 Å². The van der Waals surface area contributed by atoms with Gasteiger partial charge in [-0.25, -0.2) is 14.4 Å². The first-order valence-corrected chi connectivity index (χ1v) is 13.6. The van der Waals surface area contributed by atoms with Crippen molar-refractivity contribution in [3.05, 3.63) is 103 Å². The first-order valence-electron chi connectivity index (χ1n) is 12.1. The van der Waals surface area contributed by atoms with E-state index < -0.39 is 33.1 Å². The summed E-state index contributed by atoms with van der Waals surface area (Å²) < 4.78 is 16.7. The number of carbonyl (C=O) groups excluding carboxylic acids is 3. The van der Waals surface area contributed by atoms with Gasteiger partial charge < -0.3 is 11.4 Å². The molecule has 3 aromatic rings. The molecule has 192 valence electrons. The zero-order valence-electron chi connectivity index (χ0n) is 23.0. The standard InChI is InChI=1S/3C10H12O2.Al/c3*1-6-4-9(10(11)12)5-7(2)8(6)3;/h3*4-5H,1-3H3,(H,11,12);/q;;;+3/p-3. The Kier molecular flexibility index (Phi) is 8.63. The summed E-state index contributed by atoms with van der Waals surface area (Å²) in [7, 11) is 0. The van der Waals surface area contributed by atoms with Crippen molar-refractivity contribution in [1.29, 1.82) is 0 Å². The Morgan fingerprint density at radius 3 is 0.811 bits per heavy atom. The molecule has 0 amide bonds. The van der Waals surface area contributed by atoms with Crippen LogP contribution in [0.15, 0.2) is 36.4 Å². The lowest BCUT2D eigenvalue weighted by Crippen LogP contribution is -2.35. The Balaban J connectivity index is 1.91. The highest BCUT2D eigenvalue weighted by molar-refractivity contribution is 6.45. The molecule has 0 atom stereocenters. The molecule has 7 heteroatoms. The van der Waals surface area contributed by atoms with Crippen LogP contribution in [0, 0.1) is 62.3 Å². The minimum Gasteiger partial charge on any atom is -0.547 e. The second-order valence-electron chi connectivity index (χ2n) is 9.71. The monoisotopic (exact) mass is 516 g/mol. The van der Waals surface area contributed by atoms with E-state index in [0.29, 0.717) is 16.7 Å². The first-order chi connectivity index (χ1) is 17.3. The highest BCUT2D eigenvalue weighted by Crippen LogP contribution is 2.20. The van der Waals surface area contributed by atoms with Crippen LogP contribution in [-0.2, 0) is 11.4 Å². The molecule has 3 aromatic carbocycles. The summed E-state index contributed by atoms with van der Waals surface area (Å²) >= 11 is -3.60. The van der Waals surface area contributed by atoms with Crippen molar-refractivity contribution in [1.82, 2.24) is 0 Å². The molecule has 0 bridgehead atoms. The van der Waals surface area contributed by atoms with Gasteiger partial charge in [0.25, 0.3) is 0 Å². The van der Waals surface area contributed by atoms with Crippen LogP contribution in [0.25, 0.3) is 0 Å². The molecule has 0 aliphatic rings. The Hall–Kier alpha value is -3.40. The molecule has 37 heavy (non-hydrogen) atoms. The fourth-order valence-corrected chi connectivity index (χ4v) is 5.08. The van der Waals surface area contributed by atoms with Crippen molar-refractivity contribution in [2.24, 2.45) is 0 Å². The van der Waals surface area contributed by atoms with E-state index in [1.165, 1.54) is 0 Å². The van der Waals surface area contributed by atoms with E-state index in [1.807, 2.05) is 62.3 Å². The van der Waals surface area contributed by atoms with Gasteiger partial charge >= 0.3 is 33.1 Å². The summed E-state index contributed by atoms with van der Waals surface area (Å²) in [5.41, 5.74) is 9.66. The van der Waals surface area contributed by atoms with E-state index in [9.17, 15) is 14.4 Å². The predicted octanol–water partition coefficient (Wildman–Crippen LogP) is 6.32. The summed E-state index contributed by atoms with van der Waals surface area (Å²) in [6, 6.07) is 10.2. The van der Waals surface area contributed by atoms with Crippen molar-refractivity contribution >= 4 is 33.1 Å². The molecule has 0 N–H and O–H groups in total. The number of carbonyl (C=O) groups is 3. The van der Waals surface area contributed by atoms with Crippen LogP contribution in [0.3, 0.4) is 0 Å². The van der Waals surface area contributed by atoms with E-state index in [-0.39, 0.29) is 0 Å². The fourth-order valence-electron chi connectivity index (χ4n) is 4.00. The Bertz CT molecular complexity index is 1170. The van der Waals surface area contributed by atoms with E-state index in [0.717, 1.165) is 50.1 Å². The quantitative estimate of drug-likeness (QED) is 0.357. The molecule has 0 fully saturated rings. The second-order valence-corrected chi connectivity index (χ2v) is 11.0. The molecular weight excluding hydrogens is 483 g/mol. The molecule has 0 spiro atoms. The van der Waals surface area contributed by atoms with Crippen LogP contribution in [0.5, 0.6) is 0 Å². The molecular formula is C30H33AlO6. The van der Waals surface area contributed by atoms with E-state index in [1.54, 1.807) is 36.4 Å². The van der Waals surface area contributed by atoms with Gasteiger partial charge in [-0.2, -0.15) is 0 Å². The lowest BCUT2D eigenvalue weighted by Gasteiger charge is -2.16. The minimum atomic E-state index is -3.60. The second kappa shape index (κ2) is 11.3. The molecule has 0 unspecified atom stereocenters. The van der Waals surface area contributed by atoms with E-state index >= 15 is 0 Å². The number of aryl methyl sites for hydroxylation is 6. The molecule has 0 saturated carbocycles. The average Bonchev–Trinajstić information content (AvgIpc) is 2.83. The van der Waals surface area contributed by atoms with Gasteiger partial charge in [0.15, 0.2) is 0 Å². The van der Waals surface area contributed by atoms with Crippen molar-refractivity contribution in [2.45, 2.75) is 62.3 Å². The fraction of sp³-hybridized carbons (Fsp3) is 0.300. The van der Waals surface area contributed by atoms with Crippen LogP contribution in [0.2, 0.25) is 0 Å². The molecule has 0 saturated heterocycles. The molecule has 0 radical (unpaired) electrons. The zero-order chi connectivity index (χ0) is 27.6. The lowest BCUT2D eigenvalue weighted by atomic mass is 10.0. The SMILES string of the molecule is Cc1cc(C(=O)[O][Al]([O]C(=O)c2cc(C)c(C)c(C)c2)[O]C(=O)c2cc(C)c(C)c(C)c2)cc(C)c1C. The summed E-state index contributed by atoms with van der Waals surface area (Å²) in [6.45, 7) is 17.3. The number of rotatable bonds is 6. The maximum Gasteiger partial charge on any atom is 1.20 e. The van der Waals surface area contributed by atoms with Crippen LogP contribution in [0.4, 0.5) is 0 Å². The normalized spacial score (nSPS) is 10.6. The van der Waals surface area contributed by atoms with Crippen LogP contribution in [-0.4, -0.2) is 33.1 Å². The summed E-state index contributed by atoms with van der Waals surface area (Å²) in [6.07, 6.45) is 0. The van der Waals surface area contributed by atoms with Gasteiger partial charge in [0, 0.05) is 0 Å².